The Morgan fingerprint density at radius 1 is 1.21 bits per heavy atom. The summed E-state index contributed by atoms with van der Waals surface area (Å²) in [5.41, 5.74) is 9.39. The van der Waals surface area contributed by atoms with E-state index < -0.39 is 10.0 Å². The van der Waals surface area contributed by atoms with E-state index in [2.05, 4.69) is 25.5 Å². The number of hydrazine groups is 1. The first-order chi connectivity index (χ1) is 15.9. The largest absolute Gasteiger partial charge is 0.464 e. The molecule has 0 aliphatic carbocycles. The van der Waals surface area contributed by atoms with Gasteiger partial charge in [-0.05, 0) is 37.0 Å². The van der Waals surface area contributed by atoms with Gasteiger partial charge in [0.2, 0.25) is 15.9 Å². The summed E-state index contributed by atoms with van der Waals surface area (Å²) in [4.78, 5) is 6.77. The van der Waals surface area contributed by atoms with Gasteiger partial charge in [0, 0.05) is 67.5 Å². The Morgan fingerprint density at radius 3 is 2.76 bits per heavy atom. The summed E-state index contributed by atoms with van der Waals surface area (Å²) < 4.78 is 37.3. The molecule has 3 aromatic rings. The van der Waals surface area contributed by atoms with Gasteiger partial charge >= 0.3 is 0 Å². The Labute approximate surface area is 193 Å². The first-order valence-corrected chi connectivity index (χ1v) is 13.1. The monoisotopic (exact) mass is 471 g/mol. The van der Waals surface area contributed by atoms with Crippen molar-refractivity contribution in [1.82, 2.24) is 25.5 Å². The van der Waals surface area contributed by atoms with Gasteiger partial charge in [-0.1, -0.05) is 6.07 Å². The number of nitrogens with zero attached hydrogens (tertiary/aromatic N) is 2. The first kappa shape index (κ1) is 22.3. The molecule has 2 aliphatic rings. The number of rotatable bonds is 7. The van der Waals surface area contributed by atoms with Gasteiger partial charge in [-0.3, -0.25) is 15.8 Å². The number of benzene rings is 1. The predicted molar refractivity (Wildman–Crippen MR) is 125 cm³/mol. The highest BCUT2D eigenvalue weighted by Crippen LogP contribution is 2.30. The predicted octanol–water partition coefficient (Wildman–Crippen LogP) is 2.67. The Bertz CT molecular complexity index is 1200. The fourth-order valence-electron chi connectivity index (χ4n) is 4.52. The van der Waals surface area contributed by atoms with Gasteiger partial charge in [0.15, 0.2) is 0 Å². The van der Waals surface area contributed by atoms with Crippen LogP contribution in [-0.2, 0) is 16.6 Å². The Hall–Kier alpha value is -2.50. The van der Waals surface area contributed by atoms with E-state index in [1.807, 2.05) is 36.5 Å². The maximum Gasteiger partial charge on any atom is 0.219 e. The molecule has 3 N–H and O–H groups in total. The van der Waals surface area contributed by atoms with Gasteiger partial charge in [-0.15, -0.1) is 0 Å². The smallest absolute Gasteiger partial charge is 0.219 e. The van der Waals surface area contributed by atoms with Crippen molar-refractivity contribution in [1.29, 1.82) is 0 Å². The SMILES string of the molecule is CS(=O)(=O)NC1CCN(Cc2coc3cc(Oc4ccc(C5CCNN5)cn4)ccc23)CC1. The molecule has 0 bridgehead atoms. The molecule has 1 aromatic carbocycles. The Kier molecular flexibility index (Phi) is 6.35. The second kappa shape index (κ2) is 9.40. The molecule has 4 heterocycles. The van der Waals surface area contributed by atoms with Crippen LogP contribution in [-0.4, -0.2) is 50.2 Å². The van der Waals surface area contributed by atoms with Gasteiger partial charge in [-0.25, -0.2) is 18.1 Å². The number of nitrogens with one attached hydrogen (secondary N) is 3. The number of hydrogen-bond acceptors (Lipinski definition) is 8. The van der Waals surface area contributed by atoms with E-state index in [0.29, 0.717) is 11.6 Å². The number of piperidine rings is 1. The highest BCUT2D eigenvalue weighted by Gasteiger charge is 2.22. The molecule has 5 rings (SSSR count). The van der Waals surface area contributed by atoms with Gasteiger partial charge < -0.3 is 9.15 Å². The van der Waals surface area contributed by atoms with Crippen molar-refractivity contribution in [2.45, 2.75) is 37.9 Å². The zero-order valence-corrected chi connectivity index (χ0v) is 19.4. The zero-order valence-electron chi connectivity index (χ0n) is 18.6. The Morgan fingerprint density at radius 2 is 2.06 bits per heavy atom. The molecule has 9 nitrogen and oxygen atoms in total. The third kappa shape index (κ3) is 5.53. The van der Waals surface area contributed by atoms with Crippen molar-refractivity contribution in [3.05, 3.63) is 53.9 Å². The fraction of sp³-hybridized carbons (Fsp3) is 0.435. The summed E-state index contributed by atoms with van der Waals surface area (Å²) in [7, 11) is -3.16. The minimum atomic E-state index is -3.16. The number of furan rings is 1. The number of pyridine rings is 1. The van der Waals surface area contributed by atoms with E-state index in [1.165, 1.54) is 6.26 Å². The Balaban J connectivity index is 1.20. The summed E-state index contributed by atoms with van der Waals surface area (Å²) in [6.07, 6.45) is 7.50. The third-order valence-corrected chi connectivity index (χ3v) is 6.97. The normalized spacial score (nSPS) is 20.5. The van der Waals surface area contributed by atoms with Crippen molar-refractivity contribution in [2.24, 2.45) is 0 Å². The molecule has 0 amide bonds. The molecule has 2 aliphatic heterocycles. The number of fused-ring (bicyclic) bond motifs is 1. The molecular formula is C23H29N5O4S. The van der Waals surface area contributed by atoms with E-state index in [1.54, 1.807) is 6.26 Å². The number of ether oxygens (including phenoxy) is 1. The maximum absolute atomic E-state index is 11.4. The van der Waals surface area contributed by atoms with Crippen LogP contribution in [0.25, 0.3) is 11.0 Å². The molecule has 0 radical (unpaired) electrons. The van der Waals surface area contributed by atoms with E-state index in [9.17, 15) is 8.42 Å². The topological polar surface area (TPSA) is 109 Å². The van der Waals surface area contributed by atoms with E-state index in [-0.39, 0.29) is 12.1 Å². The number of likely N-dealkylation sites (tertiary alicyclic amines) is 1. The zero-order chi connectivity index (χ0) is 22.8. The minimum absolute atomic E-state index is 0.0193. The van der Waals surface area contributed by atoms with E-state index in [0.717, 1.165) is 67.5 Å². The van der Waals surface area contributed by atoms with Gasteiger partial charge in [-0.2, -0.15) is 0 Å². The summed E-state index contributed by atoms with van der Waals surface area (Å²) in [6.45, 7) is 3.41. The first-order valence-electron chi connectivity index (χ1n) is 11.2. The van der Waals surface area contributed by atoms with Crippen LogP contribution < -0.4 is 20.3 Å². The van der Waals surface area contributed by atoms with Crippen molar-refractivity contribution >= 4 is 21.0 Å². The van der Waals surface area contributed by atoms with Crippen molar-refractivity contribution in [3.8, 4) is 11.6 Å². The standard InChI is InChI=1S/C23H29N5O4S/c1-33(29,30)27-18-7-10-28(11-8-18)14-17-15-31-22-12-19(3-4-20(17)22)32-23-5-2-16(13-24-23)21-6-9-25-26-21/h2-5,12-13,15,18,21,25-27H,6-11,14H2,1H3. The van der Waals surface area contributed by atoms with Crippen LogP contribution in [0.1, 0.15) is 36.4 Å². The van der Waals surface area contributed by atoms with Crippen molar-refractivity contribution in [2.75, 3.05) is 25.9 Å². The minimum Gasteiger partial charge on any atom is -0.464 e. The second-order valence-corrected chi connectivity index (χ2v) is 10.6. The lowest BCUT2D eigenvalue weighted by Gasteiger charge is -2.31. The average Bonchev–Trinajstić information content (AvgIpc) is 3.45. The molecule has 1 atom stereocenters. The molecule has 2 aromatic heterocycles. The number of sulfonamides is 1. The number of hydrogen-bond donors (Lipinski definition) is 3. The van der Waals surface area contributed by atoms with Gasteiger partial charge in [0.25, 0.3) is 0 Å². The van der Waals surface area contributed by atoms with Crippen LogP contribution >= 0.6 is 0 Å². The van der Waals surface area contributed by atoms with Crippen LogP contribution in [0.4, 0.5) is 0 Å². The maximum atomic E-state index is 11.4. The van der Waals surface area contributed by atoms with Crippen molar-refractivity contribution in [3.63, 3.8) is 0 Å². The molecule has 2 fully saturated rings. The molecular weight excluding hydrogens is 442 g/mol. The molecule has 1 unspecified atom stereocenters. The molecule has 0 saturated carbocycles. The summed E-state index contributed by atoms with van der Waals surface area (Å²) >= 11 is 0. The van der Waals surface area contributed by atoms with Crippen molar-refractivity contribution < 1.29 is 17.6 Å². The van der Waals surface area contributed by atoms with E-state index in [4.69, 9.17) is 9.15 Å². The summed E-state index contributed by atoms with van der Waals surface area (Å²) in [5.74, 6) is 1.22. The van der Waals surface area contributed by atoms with Gasteiger partial charge in [0.05, 0.1) is 12.5 Å². The average molecular weight is 472 g/mol. The third-order valence-electron chi connectivity index (χ3n) is 6.21. The summed E-state index contributed by atoms with van der Waals surface area (Å²) in [5, 5.41) is 1.06. The van der Waals surface area contributed by atoms with Crippen LogP contribution in [0.15, 0.2) is 47.2 Å². The number of aromatic nitrogens is 1. The second-order valence-electron chi connectivity index (χ2n) is 8.80. The molecule has 0 spiro atoms. The molecule has 2 saturated heterocycles. The quantitative estimate of drug-likeness (QED) is 0.483. The lowest BCUT2D eigenvalue weighted by molar-refractivity contribution is 0.200. The van der Waals surface area contributed by atoms with Crippen LogP contribution in [0.2, 0.25) is 0 Å². The van der Waals surface area contributed by atoms with Crippen LogP contribution in [0.3, 0.4) is 0 Å². The molecule has 176 valence electrons. The fourth-order valence-corrected chi connectivity index (χ4v) is 5.36. The van der Waals surface area contributed by atoms with Gasteiger partial charge in [0.1, 0.15) is 11.3 Å². The lowest BCUT2D eigenvalue weighted by Crippen LogP contribution is -2.43. The van der Waals surface area contributed by atoms with E-state index >= 15 is 0 Å². The lowest BCUT2D eigenvalue weighted by atomic mass is 10.1. The summed E-state index contributed by atoms with van der Waals surface area (Å²) in [6, 6.07) is 10.1. The molecule has 33 heavy (non-hydrogen) atoms. The van der Waals surface area contributed by atoms with Crippen LogP contribution in [0, 0.1) is 0 Å². The highest BCUT2D eigenvalue weighted by molar-refractivity contribution is 7.88. The van der Waals surface area contributed by atoms with Crippen LogP contribution in [0.5, 0.6) is 11.6 Å². The highest BCUT2D eigenvalue weighted by atomic mass is 32.2. The molecule has 10 heteroatoms.